The zero-order valence-electron chi connectivity index (χ0n) is 12.3. The van der Waals surface area contributed by atoms with Gasteiger partial charge in [0, 0.05) is 26.3 Å². The molecule has 0 aromatic rings. The minimum atomic E-state index is -0.577. The van der Waals surface area contributed by atoms with Crippen LogP contribution in [0.3, 0.4) is 0 Å². The van der Waals surface area contributed by atoms with Crippen LogP contribution in [0.25, 0.3) is 0 Å². The first-order valence-corrected chi connectivity index (χ1v) is 7.46. The molecule has 0 saturated carbocycles. The fraction of sp³-hybridized carbons (Fsp3) is 0.857. The first-order valence-electron chi connectivity index (χ1n) is 7.46. The van der Waals surface area contributed by atoms with Crippen LogP contribution in [0.15, 0.2) is 4.99 Å². The van der Waals surface area contributed by atoms with Gasteiger partial charge in [-0.2, -0.15) is 0 Å². The van der Waals surface area contributed by atoms with Crippen molar-refractivity contribution in [2.75, 3.05) is 32.8 Å². The van der Waals surface area contributed by atoms with Gasteiger partial charge in [-0.05, 0) is 31.6 Å². The van der Waals surface area contributed by atoms with Crippen molar-refractivity contribution in [3.63, 3.8) is 0 Å². The normalized spacial score (nSPS) is 24.6. The molecule has 0 spiro atoms. The summed E-state index contributed by atoms with van der Waals surface area (Å²) in [5.74, 6) is 1.01. The molecule has 2 heterocycles. The number of likely N-dealkylation sites (tertiary alicyclic amines) is 1. The molecular weight excluding hydrogens is 256 g/mol. The number of guanidine groups is 1. The maximum Gasteiger partial charge on any atom is 0.225 e. The molecule has 6 heteroatoms. The zero-order valence-corrected chi connectivity index (χ0v) is 12.3. The average Bonchev–Trinajstić information content (AvgIpc) is 2.46. The molecular formula is C14H26N4O2. The summed E-state index contributed by atoms with van der Waals surface area (Å²) in [6, 6.07) is 0. The predicted molar refractivity (Wildman–Crippen MR) is 78.1 cm³/mol. The van der Waals surface area contributed by atoms with Crippen molar-refractivity contribution < 1.29 is 9.53 Å². The number of hydrogen-bond acceptors (Lipinski definition) is 3. The molecule has 0 unspecified atom stereocenters. The lowest BCUT2D eigenvalue weighted by atomic mass is 9.79. The van der Waals surface area contributed by atoms with E-state index in [2.05, 4.69) is 16.8 Å². The molecule has 4 N–H and O–H groups in total. The molecule has 2 aliphatic rings. The Labute approximate surface area is 120 Å². The highest BCUT2D eigenvalue weighted by molar-refractivity contribution is 5.82. The standard InChI is InChI=1S/C14H26N4O2/c1-11-2-6-18(7-3-11)13(16)17-10-14(12(15)19)4-8-20-9-5-14/h11H,2-10H2,1H3,(H2,15,19)(H2,16,17). The van der Waals surface area contributed by atoms with Gasteiger partial charge < -0.3 is 21.1 Å². The van der Waals surface area contributed by atoms with E-state index in [0.29, 0.717) is 38.6 Å². The van der Waals surface area contributed by atoms with Crippen LogP contribution in [0.4, 0.5) is 0 Å². The van der Waals surface area contributed by atoms with Crippen molar-refractivity contribution in [2.45, 2.75) is 32.6 Å². The van der Waals surface area contributed by atoms with Crippen molar-refractivity contribution in [1.82, 2.24) is 4.90 Å². The van der Waals surface area contributed by atoms with Gasteiger partial charge in [0.2, 0.25) is 5.91 Å². The van der Waals surface area contributed by atoms with Crippen LogP contribution in [-0.4, -0.2) is 49.6 Å². The molecule has 0 aromatic carbocycles. The molecule has 0 aliphatic carbocycles. The number of aliphatic imine (C=N–C) groups is 1. The average molecular weight is 282 g/mol. The fourth-order valence-corrected chi connectivity index (χ4v) is 2.81. The Morgan fingerprint density at radius 3 is 2.45 bits per heavy atom. The smallest absolute Gasteiger partial charge is 0.225 e. The second-order valence-corrected chi connectivity index (χ2v) is 6.10. The van der Waals surface area contributed by atoms with Gasteiger partial charge in [0.15, 0.2) is 5.96 Å². The highest BCUT2D eigenvalue weighted by Crippen LogP contribution is 2.30. The SMILES string of the molecule is CC1CCN(C(N)=NCC2(C(N)=O)CCOCC2)CC1. The first-order chi connectivity index (χ1) is 9.53. The Hall–Kier alpha value is -1.30. The molecule has 20 heavy (non-hydrogen) atoms. The van der Waals surface area contributed by atoms with Crippen LogP contribution < -0.4 is 11.5 Å². The third-order valence-electron chi connectivity index (χ3n) is 4.62. The number of hydrogen-bond donors (Lipinski definition) is 2. The molecule has 0 bridgehead atoms. The van der Waals surface area contributed by atoms with Gasteiger partial charge in [0.1, 0.15) is 0 Å². The maximum absolute atomic E-state index is 11.8. The molecule has 1 amide bonds. The number of rotatable bonds is 3. The summed E-state index contributed by atoms with van der Waals surface area (Å²) < 4.78 is 5.31. The van der Waals surface area contributed by atoms with E-state index in [9.17, 15) is 4.79 Å². The van der Waals surface area contributed by atoms with Gasteiger partial charge in [-0.25, -0.2) is 0 Å². The molecule has 0 atom stereocenters. The van der Waals surface area contributed by atoms with Gasteiger partial charge in [0.25, 0.3) is 0 Å². The lowest BCUT2D eigenvalue weighted by molar-refractivity contribution is -0.132. The number of ether oxygens (including phenoxy) is 1. The van der Waals surface area contributed by atoms with Crippen LogP contribution >= 0.6 is 0 Å². The maximum atomic E-state index is 11.8. The topological polar surface area (TPSA) is 93.9 Å². The quantitative estimate of drug-likeness (QED) is 0.575. The lowest BCUT2D eigenvalue weighted by Gasteiger charge is -2.34. The highest BCUT2D eigenvalue weighted by atomic mass is 16.5. The van der Waals surface area contributed by atoms with Gasteiger partial charge in [-0.3, -0.25) is 9.79 Å². The number of carbonyl (C=O) groups is 1. The zero-order chi connectivity index (χ0) is 14.6. The molecule has 2 rings (SSSR count). The molecule has 0 aromatic heterocycles. The summed E-state index contributed by atoms with van der Waals surface area (Å²) in [4.78, 5) is 18.3. The monoisotopic (exact) mass is 282 g/mol. The molecule has 2 fully saturated rings. The van der Waals surface area contributed by atoms with Crippen molar-refractivity contribution >= 4 is 11.9 Å². The number of piperidine rings is 1. The predicted octanol–water partition coefficient (Wildman–Crippen LogP) is 0.315. The van der Waals surface area contributed by atoms with E-state index in [0.717, 1.165) is 31.8 Å². The van der Waals surface area contributed by atoms with Crippen LogP contribution in [0, 0.1) is 11.3 Å². The van der Waals surface area contributed by atoms with E-state index >= 15 is 0 Å². The fourth-order valence-electron chi connectivity index (χ4n) is 2.81. The van der Waals surface area contributed by atoms with Gasteiger partial charge in [-0.1, -0.05) is 6.92 Å². The van der Waals surface area contributed by atoms with E-state index in [1.165, 1.54) is 0 Å². The molecule has 2 aliphatic heterocycles. The van der Waals surface area contributed by atoms with Crippen molar-refractivity contribution in [1.29, 1.82) is 0 Å². The summed E-state index contributed by atoms with van der Waals surface area (Å²) in [5, 5.41) is 0. The summed E-state index contributed by atoms with van der Waals surface area (Å²) in [7, 11) is 0. The minimum Gasteiger partial charge on any atom is -0.381 e. The van der Waals surface area contributed by atoms with E-state index < -0.39 is 5.41 Å². The number of primary amides is 1. The largest absolute Gasteiger partial charge is 0.381 e. The first kappa shape index (κ1) is 15.1. The second kappa shape index (κ2) is 6.43. The number of nitrogens with two attached hydrogens (primary N) is 2. The Balaban J connectivity index is 1.96. The highest BCUT2D eigenvalue weighted by Gasteiger charge is 2.38. The van der Waals surface area contributed by atoms with Gasteiger partial charge >= 0.3 is 0 Å². The number of nitrogens with zero attached hydrogens (tertiary/aromatic N) is 2. The second-order valence-electron chi connectivity index (χ2n) is 6.10. The Morgan fingerprint density at radius 2 is 1.90 bits per heavy atom. The van der Waals surface area contributed by atoms with Crippen molar-refractivity contribution in [3.05, 3.63) is 0 Å². The molecule has 6 nitrogen and oxygen atoms in total. The summed E-state index contributed by atoms with van der Waals surface area (Å²) in [6.07, 6.45) is 3.56. The Bertz CT molecular complexity index is 369. The number of carbonyl (C=O) groups excluding carboxylic acids is 1. The van der Waals surface area contributed by atoms with Crippen LogP contribution in [-0.2, 0) is 9.53 Å². The van der Waals surface area contributed by atoms with E-state index in [-0.39, 0.29) is 5.91 Å². The Kier molecular flexibility index (Phi) is 4.86. The van der Waals surface area contributed by atoms with Crippen molar-refractivity contribution in [3.8, 4) is 0 Å². The molecule has 0 radical (unpaired) electrons. The van der Waals surface area contributed by atoms with E-state index in [1.807, 2.05) is 0 Å². The van der Waals surface area contributed by atoms with Crippen LogP contribution in [0.1, 0.15) is 32.6 Å². The van der Waals surface area contributed by atoms with Crippen molar-refractivity contribution in [2.24, 2.45) is 27.8 Å². The summed E-state index contributed by atoms with van der Waals surface area (Å²) in [6.45, 7) is 5.67. The van der Waals surface area contributed by atoms with Crippen LogP contribution in [0.2, 0.25) is 0 Å². The van der Waals surface area contributed by atoms with Crippen LogP contribution in [0.5, 0.6) is 0 Å². The van der Waals surface area contributed by atoms with E-state index in [4.69, 9.17) is 16.2 Å². The minimum absolute atomic E-state index is 0.287. The third-order valence-corrected chi connectivity index (χ3v) is 4.62. The third kappa shape index (κ3) is 3.42. The molecule has 114 valence electrons. The van der Waals surface area contributed by atoms with Gasteiger partial charge in [-0.15, -0.1) is 0 Å². The summed E-state index contributed by atoms with van der Waals surface area (Å²) in [5.41, 5.74) is 11.1. The lowest BCUT2D eigenvalue weighted by Crippen LogP contribution is -2.46. The molecule has 2 saturated heterocycles. The van der Waals surface area contributed by atoms with E-state index in [1.54, 1.807) is 0 Å². The Morgan fingerprint density at radius 1 is 1.30 bits per heavy atom. The number of amides is 1. The van der Waals surface area contributed by atoms with Gasteiger partial charge in [0.05, 0.1) is 12.0 Å². The summed E-state index contributed by atoms with van der Waals surface area (Å²) >= 11 is 0.